The summed E-state index contributed by atoms with van der Waals surface area (Å²) in [6, 6.07) is 3.96. The van der Waals surface area contributed by atoms with Gasteiger partial charge in [0.25, 0.3) is 0 Å². The molecule has 0 bridgehead atoms. The molecule has 1 aliphatic rings. The first kappa shape index (κ1) is 19.6. The number of esters is 1. The molecule has 7 nitrogen and oxygen atoms in total. The van der Waals surface area contributed by atoms with Crippen molar-refractivity contribution >= 4 is 5.97 Å². The lowest BCUT2D eigenvalue weighted by Gasteiger charge is -2.27. The van der Waals surface area contributed by atoms with Gasteiger partial charge >= 0.3 is 5.97 Å². The lowest BCUT2D eigenvalue weighted by Crippen LogP contribution is -2.31. The van der Waals surface area contributed by atoms with Gasteiger partial charge in [0.15, 0.2) is 17.4 Å². The van der Waals surface area contributed by atoms with E-state index in [-0.39, 0.29) is 28.4 Å². The van der Waals surface area contributed by atoms with E-state index in [0.29, 0.717) is 0 Å². The maximum absolute atomic E-state index is 13.9. The van der Waals surface area contributed by atoms with Crippen LogP contribution in [0.1, 0.15) is 36.8 Å². The molecular formula is C19H17F2NO6. The SMILES string of the molecule is CC(C)OC(=O)C1=C(N)Oc2c(oc(CO)cc2=O)C1c1ccc(F)c(F)c1. The molecule has 1 aromatic heterocycles. The predicted molar refractivity (Wildman–Crippen MR) is 92.2 cm³/mol. The van der Waals surface area contributed by atoms with Crippen LogP contribution in [0.15, 0.2) is 44.9 Å². The van der Waals surface area contributed by atoms with Crippen LogP contribution < -0.4 is 15.9 Å². The van der Waals surface area contributed by atoms with E-state index < -0.39 is 47.5 Å². The molecule has 3 rings (SSSR count). The quantitative estimate of drug-likeness (QED) is 0.765. The second-order valence-electron chi connectivity index (χ2n) is 6.37. The maximum atomic E-state index is 13.9. The molecule has 2 heterocycles. The Kier molecular flexibility index (Phi) is 5.19. The van der Waals surface area contributed by atoms with E-state index in [9.17, 15) is 23.5 Å². The Balaban J connectivity index is 2.27. The molecular weight excluding hydrogens is 376 g/mol. The van der Waals surface area contributed by atoms with Gasteiger partial charge in [0.05, 0.1) is 12.0 Å². The summed E-state index contributed by atoms with van der Waals surface area (Å²) in [6.07, 6.45) is -0.504. The van der Waals surface area contributed by atoms with E-state index in [2.05, 4.69) is 0 Å². The highest BCUT2D eigenvalue weighted by atomic mass is 19.2. The third kappa shape index (κ3) is 3.48. The minimum absolute atomic E-state index is 0.0837. The molecule has 3 N–H and O–H groups in total. The number of ether oxygens (including phenoxy) is 2. The highest BCUT2D eigenvalue weighted by Crippen LogP contribution is 2.42. The molecule has 0 fully saturated rings. The largest absolute Gasteiger partial charge is 0.459 e. The summed E-state index contributed by atoms with van der Waals surface area (Å²) in [5, 5.41) is 9.34. The smallest absolute Gasteiger partial charge is 0.340 e. The van der Waals surface area contributed by atoms with Crippen LogP contribution in [-0.4, -0.2) is 17.2 Å². The van der Waals surface area contributed by atoms with Crippen molar-refractivity contribution in [3.8, 4) is 5.75 Å². The zero-order valence-electron chi connectivity index (χ0n) is 15.0. The second-order valence-corrected chi connectivity index (χ2v) is 6.37. The summed E-state index contributed by atoms with van der Waals surface area (Å²) < 4.78 is 43.3. The number of nitrogens with two attached hydrogens (primary N) is 1. The Morgan fingerprint density at radius 3 is 2.61 bits per heavy atom. The predicted octanol–water partition coefficient (Wildman–Crippen LogP) is 2.06. The fraction of sp³-hybridized carbons (Fsp3) is 0.263. The average molecular weight is 393 g/mol. The van der Waals surface area contributed by atoms with Gasteiger partial charge in [-0.3, -0.25) is 4.79 Å². The van der Waals surface area contributed by atoms with Gasteiger partial charge in [-0.25, -0.2) is 13.6 Å². The molecule has 1 aliphatic heterocycles. The van der Waals surface area contributed by atoms with E-state index in [1.807, 2.05) is 0 Å². The number of hydrogen-bond donors (Lipinski definition) is 2. The molecule has 2 aromatic rings. The van der Waals surface area contributed by atoms with Crippen molar-refractivity contribution in [1.29, 1.82) is 0 Å². The Morgan fingerprint density at radius 2 is 2.00 bits per heavy atom. The molecule has 1 unspecified atom stereocenters. The van der Waals surface area contributed by atoms with E-state index >= 15 is 0 Å². The monoisotopic (exact) mass is 393 g/mol. The Hall–Kier alpha value is -3.20. The van der Waals surface area contributed by atoms with Crippen LogP contribution in [0.3, 0.4) is 0 Å². The first-order valence-electron chi connectivity index (χ1n) is 8.34. The van der Waals surface area contributed by atoms with Crippen molar-refractivity contribution in [1.82, 2.24) is 0 Å². The topological polar surface area (TPSA) is 112 Å². The van der Waals surface area contributed by atoms with Gasteiger partial charge in [0, 0.05) is 6.07 Å². The fourth-order valence-corrected chi connectivity index (χ4v) is 2.86. The van der Waals surface area contributed by atoms with Crippen LogP contribution in [0.4, 0.5) is 8.78 Å². The normalized spacial score (nSPS) is 16.0. The molecule has 28 heavy (non-hydrogen) atoms. The fourth-order valence-electron chi connectivity index (χ4n) is 2.86. The number of fused-ring (bicyclic) bond motifs is 1. The molecule has 148 valence electrons. The lowest BCUT2D eigenvalue weighted by atomic mass is 9.86. The molecule has 0 aliphatic carbocycles. The van der Waals surface area contributed by atoms with E-state index in [1.165, 1.54) is 6.07 Å². The van der Waals surface area contributed by atoms with Gasteiger partial charge in [-0.2, -0.15) is 0 Å². The standard InChI is InChI=1S/C19H17F2NO6/c1-8(2)26-19(25)15-14(9-3-4-11(20)12(21)5-9)17-16(28-18(15)22)13(24)6-10(7-23)27-17/h3-6,8,14,23H,7,22H2,1-2H3. The van der Waals surface area contributed by atoms with Gasteiger partial charge in [0.1, 0.15) is 17.9 Å². The molecule has 0 saturated carbocycles. The summed E-state index contributed by atoms with van der Waals surface area (Å²) in [6.45, 7) is 2.63. The molecule has 9 heteroatoms. The van der Waals surface area contributed by atoms with E-state index in [4.69, 9.17) is 19.6 Å². The minimum atomic E-state index is -1.20. The zero-order valence-corrected chi connectivity index (χ0v) is 15.0. The zero-order chi connectivity index (χ0) is 20.6. The van der Waals surface area contributed by atoms with E-state index in [1.54, 1.807) is 13.8 Å². The number of rotatable bonds is 4. The van der Waals surface area contributed by atoms with Crippen LogP contribution in [0, 0.1) is 11.6 Å². The van der Waals surface area contributed by atoms with Gasteiger partial charge in [-0.15, -0.1) is 0 Å². The molecule has 0 amide bonds. The molecule has 0 spiro atoms. The van der Waals surface area contributed by atoms with Crippen LogP contribution in [0.2, 0.25) is 0 Å². The third-order valence-electron chi connectivity index (χ3n) is 4.00. The van der Waals surface area contributed by atoms with Gasteiger partial charge in [-0.05, 0) is 31.5 Å². The highest BCUT2D eigenvalue weighted by molar-refractivity contribution is 5.92. The molecule has 1 aromatic carbocycles. The third-order valence-corrected chi connectivity index (χ3v) is 4.00. The van der Waals surface area contributed by atoms with Crippen molar-refractivity contribution in [2.45, 2.75) is 32.5 Å². The summed E-state index contributed by atoms with van der Waals surface area (Å²) >= 11 is 0. The maximum Gasteiger partial charge on any atom is 0.340 e. The van der Waals surface area contributed by atoms with Crippen LogP contribution in [-0.2, 0) is 16.1 Å². The van der Waals surface area contributed by atoms with Crippen molar-refractivity contribution in [3.05, 3.63) is 74.7 Å². The summed E-state index contributed by atoms with van der Waals surface area (Å²) in [5.74, 6) is -5.34. The van der Waals surface area contributed by atoms with Crippen LogP contribution in [0.5, 0.6) is 5.75 Å². The van der Waals surface area contributed by atoms with Gasteiger partial charge in [-0.1, -0.05) is 6.07 Å². The van der Waals surface area contributed by atoms with E-state index in [0.717, 1.165) is 18.2 Å². The first-order valence-corrected chi connectivity index (χ1v) is 8.34. The number of halogens is 2. The second kappa shape index (κ2) is 7.43. The van der Waals surface area contributed by atoms with Crippen molar-refractivity contribution in [2.24, 2.45) is 5.73 Å². The number of aliphatic hydroxyl groups is 1. The van der Waals surface area contributed by atoms with Gasteiger partial charge in [0.2, 0.25) is 17.1 Å². The summed E-state index contributed by atoms with van der Waals surface area (Å²) in [4.78, 5) is 24.9. The van der Waals surface area contributed by atoms with Crippen LogP contribution >= 0.6 is 0 Å². The van der Waals surface area contributed by atoms with Crippen LogP contribution in [0.25, 0.3) is 0 Å². The van der Waals surface area contributed by atoms with Crippen molar-refractivity contribution in [2.75, 3.05) is 0 Å². The number of aliphatic hydroxyl groups excluding tert-OH is 1. The molecule has 0 saturated heterocycles. The van der Waals surface area contributed by atoms with Gasteiger partial charge < -0.3 is 24.7 Å². The summed E-state index contributed by atoms with van der Waals surface area (Å²) in [7, 11) is 0. The first-order chi connectivity index (χ1) is 13.2. The lowest BCUT2D eigenvalue weighted by molar-refractivity contribution is -0.143. The minimum Gasteiger partial charge on any atom is -0.459 e. The number of hydrogen-bond acceptors (Lipinski definition) is 7. The Labute approximate surface area is 158 Å². The van der Waals surface area contributed by atoms with Crippen molar-refractivity contribution < 1.29 is 32.6 Å². The number of benzene rings is 1. The molecule has 1 atom stereocenters. The van der Waals surface area contributed by atoms with Crippen molar-refractivity contribution in [3.63, 3.8) is 0 Å². The summed E-state index contributed by atoms with van der Waals surface area (Å²) in [5.41, 5.74) is 5.06. The Bertz CT molecular complexity index is 1030. The number of carbonyl (C=O) groups is 1. The molecule has 0 radical (unpaired) electrons. The Morgan fingerprint density at radius 1 is 1.29 bits per heavy atom. The number of carbonyl (C=O) groups excluding carboxylic acids is 1. The highest BCUT2D eigenvalue weighted by Gasteiger charge is 2.39. The average Bonchev–Trinajstić information content (AvgIpc) is 2.62.